The van der Waals surface area contributed by atoms with Gasteiger partial charge in [0.15, 0.2) is 17.2 Å². The van der Waals surface area contributed by atoms with E-state index in [1.54, 1.807) is 36.2 Å². The Balaban J connectivity index is 1.85. The number of benzene rings is 1. The minimum Gasteiger partial charge on any atom is -0.493 e. The molecule has 2 heterocycles. The first-order valence-corrected chi connectivity index (χ1v) is 6.62. The van der Waals surface area contributed by atoms with Crippen molar-refractivity contribution in [3.8, 4) is 11.5 Å². The summed E-state index contributed by atoms with van der Waals surface area (Å²) in [5.74, 6) is 0.909. The molecule has 7 nitrogen and oxygen atoms in total. The van der Waals surface area contributed by atoms with Crippen LogP contribution in [0, 0.1) is 0 Å². The van der Waals surface area contributed by atoms with Crippen molar-refractivity contribution in [2.24, 2.45) is 0 Å². The Kier molecular flexibility index (Phi) is 3.57. The van der Waals surface area contributed by atoms with Crippen LogP contribution >= 0.6 is 0 Å². The third kappa shape index (κ3) is 2.47. The molecule has 7 heteroatoms. The first-order chi connectivity index (χ1) is 10.2. The molecular weight excluding hydrogens is 272 g/mol. The highest BCUT2D eigenvalue weighted by molar-refractivity contribution is 6.07. The van der Waals surface area contributed by atoms with E-state index in [9.17, 15) is 4.79 Å². The Morgan fingerprint density at radius 2 is 2.05 bits per heavy atom. The minimum absolute atomic E-state index is 0.186. The van der Waals surface area contributed by atoms with Gasteiger partial charge in [0.05, 0.1) is 26.5 Å². The van der Waals surface area contributed by atoms with Crippen LogP contribution in [0.2, 0.25) is 0 Å². The van der Waals surface area contributed by atoms with Gasteiger partial charge >= 0.3 is 0 Å². The zero-order valence-corrected chi connectivity index (χ0v) is 11.9. The second kappa shape index (κ2) is 5.53. The lowest BCUT2D eigenvalue weighted by Gasteiger charge is -2.26. The molecule has 0 aliphatic carbocycles. The highest BCUT2D eigenvalue weighted by Gasteiger charge is 2.22. The molecule has 1 aromatic carbocycles. The van der Waals surface area contributed by atoms with Gasteiger partial charge in [0.2, 0.25) is 5.78 Å². The van der Waals surface area contributed by atoms with Gasteiger partial charge in [0.25, 0.3) is 0 Å². The molecule has 1 N–H and O–H groups in total. The first-order valence-electron chi connectivity index (χ1n) is 6.62. The number of hydrogen-bond acceptors (Lipinski definition) is 6. The molecule has 110 valence electrons. The molecule has 0 radical (unpaired) electrons. The Hall–Kier alpha value is -2.41. The smallest absolute Gasteiger partial charge is 0.215 e. The number of hydrogen-bond donors (Lipinski definition) is 1. The van der Waals surface area contributed by atoms with Crippen molar-refractivity contribution in [3.63, 3.8) is 0 Å². The summed E-state index contributed by atoms with van der Waals surface area (Å²) in [6.07, 6.45) is 1.69. The lowest BCUT2D eigenvalue weighted by Crippen LogP contribution is -2.43. The molecule has 21 heavy (non-hydrogen) atoms. The third-order valence-corrected chi connectivity index (χ3v) is 3.52. The summed E-state index contributed by atoms with van der Waals surface area (Å²) in [6.45, 7) is 1.71. The molecule has 1 aliphatic heterocycles. The van der Waals surface area contributed by atoms with E-state index in [-0.39, 0.29) is 11.8 Å². The number of methoxy groups -OCH3 is 2. The van der Waals surface area contributed by atoms with E-state index in [2.05, 4.69) is 15.6 Å². The summed E-state index contributed by atoms with van der Waals surface area (Å²) >= 11 is 0. The summed E-state index contributed by atoms with van der Waals surface area (Å²) in [6, 6.07) is 5.31. The Morgan fingerprint density at radius 1 is 1.29 bits per heavy atom. The number of nitrogens with one attached hydrogen (secondary N) is 1. The highest BCUT2D eigenvalue weighted by atomic mass is 16.5. The quantitative estimate of drug-likeness (QED) is 0.815. The number of rotatable bonds is 5. The Bertz CT molecular complexity index is 664. The maximum Gasteiger partial charge on any atom is 0.215 e. The number of ketones is 1. The van der Waals surface area contributed by atoms with Gasteiger partial charge in [-0.2, -0.15) is 0 Å². The average Bonchev–Trinajstić information content (AvgIpc) is 2.93. The van der Waals surface area contributed by atoms with Crippen molar-refractivity contribution in [1.29, 1.82) is 0 Å². The molecule has 1 aliphatic rings. The standard InChI is InChI=1S/C14H16N4O3/c1-20-12-4-3-9(5-13(12)21-2)14(19)11-8-18(17-16-11)10-6-15-7-10/h3-5,8,10,15H,6-7H2,1-2H3. The van der Waals surface area contributed by atoms with Gasteiger partial charge in [-0.25, -0.2) is 4.68 Å². The van der Waals surface area contributed by atoms with Gasteiger partial charge in [-0.1, -0.05) is 5.21 Å². The van der Waals surface area contributed by atoms with Gasteiger partial charge in [-0.05, 0) is 18.2 Å². The van der Waals surface area contributed by atoms with Gasteiger partial charge in [-0.3, -0.25) is 4.79 Å². The van der Waals surface area contributed by atoms with Crippen molar-refractivity contribution in [2.75, 3.05) is 27.3 Å². The zero-order valence-electron chi connectivity index (χ0n) is 11.9. The van der Waals surface area contributed by atoms with Crippen LogP contribution in [-0.2, 0) is 0 Å². The van der Waals surface area contributed by atoms with E-state index in [1.807, 2.05) is 0 Å². The van der Waals surface area contributed by atoms with Gasteiger partial charge in [0.1, 0.15) is 0 Å². The van der Waals surface area contributed by atoms with E-state index in [0.29, 0.717) is 22.8 Å². The lowest BCUT2D eigenvalue weighted by atomic mass is 10.1. The van der Waals surface area contributed by atoms with Crippen LogP contribution in [-0.4, -0.2) is 48.1 Å². The van der Waals surface area contributed by atoms with Crippen LogP contribution in [0.3, 0.4) is 0 Å². The van der Waals surface area contributed by atoms with Crippen molar-refractivity contribution in [2.45, 2.75) is 6.04 Å². The molecule has 1 saturated heterocycles. The molecular formula is C14H16N4O3. The topological polar surface area (TPSA) is 78.3 Å². The van der Waals surface area contributed by atoms with E-state index in [0.717, 1.165) is 13.1 Å². The maximum absolute atomic E-state index is 12.4. The predicted octanol–water partition coefficient (Wildman–Crippen LogP) is 0.671. The SMILES string of the molecule is COc1ccc(C(=O)c2cn(C3CNC3)nn2)cc1OC. The molecule has 0 saturated carbocycles. The van der Waals surface area contributed by atoms with E-state index in [4.69, 9.17) is 9.47 Å². The molecule has 0 bridgehead atoms. The maximum atomic E-state index is 12.4. The second-order valence-corrected chi connectivity index (χ2v) is 4.79. The predicted molar refractivity (Wildman–Crippen MR) is 74.9 cm³/mol. The van der Waals surface area contributed by atoms with Crippen LogP contribution in [0.5, 0.6) is 11.5 Å². The molecule has 1 aromatic heterocycles. The monoisotopic (exact) mass is 288 g/mol. The van der Waals surface area contributed by atoms with Crippen LogP contribution in [0.25, 0.3) is 0 Å². The van der Waals surface area contributed by atoms with Crippen LogP contribution < -0.4 is 14.8 Å². The summed E-state index contributed by atoms with van der Waals surface area (Å²) in [5, 5.41) is 11.1. The number of carbonyl (C=O) groups is 1. The molecule has 0 amide bonds. The summed E-state index contributed by atoms with van der Waals surface area (Å²) in [4.78, 5) is 12.4. The minimum atomic E-state index is -0.186. The fourth-order valence-electron chi connectivity index (χ4n) is 2.15. The number of nitrogens with zero attached hydrogens (tertiary/aromatic N) is 3. The van der Waals surface area contributed by atoms with Crippen molar-refractivity contribution in [1.82, 2.24) is 20.3 Å². The molecule has 0 atom stereocenters. The number of aromatic nitrogens is 3. The number of ether oxygens (including phenoxy) is 2. The molecule has 0 spiro atoms. The zero-order chi connectivity index (χ0) is 14.8. The van der Waals surface area contributed by atoms with Gasteiger partial charge < -0.3 is 14.8 Å². The fourth-order valence-corrected chi connectivity index (χ4v) is 2.15. The summed E-state index contributed by atoms with van der Waals surface area (Å²) in [7, 11) is 3.09. The fraction of sp³-hybridized carbons (Fsp3) is 0.357. The number of carbonyl (C=O) groups excluding carboxylic acids is 1. The van der Waals surface area contributed by atoms with E-state index < -0.39 is 0 Å². The summed E-state index contributed by atoms with van der Waals surface area (Å²) < 4.78 is 12.1. The third-order valence-electron chi connectivity index (χ3n) is 3.52. The largest absolute Gasteiger partial charge is 0.493 e. The highest BCUT2D eigenvalue weighted by Crippen LogP contribution is 2.28. The normalized spacial score (nSPS) is 14.6. The average molecular weight is 288 g/mol. The molecule has 1 fully saturated rings. The molecule has 0 unspecified atom stereocenters. The van der Waals surface area contributed by atoms with E-state index in [1.165, 1.54) is 7.11 Å². The van der Waals surface area contributed by atoms with Crippen LogP contribution in [0.1, 0.15) is 22.1 Å². The van der Waals surface area contributed by atoms with Crippen LogP contribution in [0.15, 0.2) is 24.4 Å². The van der Waals surface area contributed by atoms with Crippen LogP contribution in [0.4, 0.5) is 0 Å². The van der Waals surface area contributed by atoms with Crippen molar-refractivity contribution >= 4 is 5.78 Å². The summed E-state index contributed by atoms with van der Waals surface area (Å²) in [5.41, 5.74) is 0.820. The van der Waals surface area contributed by atoms with E-state index >= 15 is 0 Å². The second-order valence-electron chi connectivity index (χ2n) is 4.79. The lowest BCUT2D eigenvalue weighted by molar-refractivity contribution is 0.103. The Labute approximate surface area is 121 Å². The first kappa shape index (κ1) is 13.6. The van der Waals surface area contributed by atoms with Gasteiger partial charge in [0, 0.05) is 18.7 Å². The van der Waals surface area contributed by atoms with Crippen molar-refractivity contribution in [3.05, 3.63) is 35.7 Å². The van der Waals surface area contributed by atoms with Gasteiger partial charge in [-0.15, -0.1) is 5.10 Å². The molecule has 2 aromatic rings. The molecule has 3 rings (SSSR count). The Morgan fingerprint density at radius 3 is 2.67 bits per heavy atom. The van der Waals surface area contributed by atoms with Crippen molar-refractivity contribution < 1.29 is 14.3 Å².